The normalized spacial score (nSPS) is 11.0. The van der Waals surface area contributed by atoms with Crippen LogP contribution in [0.15, 0.2) is 52.8 Å². The van der Waals surface area contributed by atoms with Crippen molar-refractivity contribution < 1.29 is 4.79 Å². The van der Waals surface area contributed by atoms with Gasteiger partial charge in [0.2, 0.25) is 0 Å². The summed E-state index contributed by atoms with van der Waals surface area (Å²) in [6, 6.07) is 11.1. The topological polar surface area (TPSA) is 99.6 Å². The second-order valence-electron chi connectivity index (χ2n) is 6.37. The highest BCUT2D eigenvalue weighted by Gasteiger charge is 2.16. The number of rotatable bonds is 6. The first-order valence-corrected chi connectivity index (χ1v) is 9.84. The number of nitrogens with zero attached hydrogens (tertiary/aromatic N) is 6. The van der Waals surface area contributed by atoms with Crippen molar-refractivity contribution >= 4 is 17.2 Å². The van der Waals surface area contributed by atoms with Crippen molar-refractivity contribution in [1.82, 2.24) is 34.4 Å². The molecular weight excluding hydrogens is 390 g/mol. The van der Waals surface area contributed by atoms with Gasteiger partial charge in [0, 0.05) is 26.8 Å². The predicted octanol–water partition coefficient (Wildman–Crippen LogP) is 1.54. The van der Waals surface area contributed by atoms with Crippen molar-refractivity contribution in [1.29, 1.82) is 0 Å². The molecule has 0 aliphatic carbocycles. The summed E-state index contributed by atoms with van der Waals surface area (Å²) in [5.74, 6) is 0.228. The third kappa shape index (κ3) is 3.74. The zero-order chi connectivity index (χ0) is 20.4. The van der Waals surface area contributed by atoms with Gasteiger partial charge < -0.3 is 5.32 Å². The Balaban J connectivity index is 1.43. The second kappa shape index (κ2) is 7.84. The first-order chi connectivity index (χ1) is 14.0. The van der Waals surface area contributed by atoms with Crippen molar-refractivity contribution in [2.24, 2.45) is 14.1 Å². The zero-order valence-corrected chi connectivity index (χ0v) is 16.8. The van der Waals surface area contributed by atoms with Gasteiger partial charge in [0.05, 0.1) is 11.4 Å². The van der Waals surface area contributed by atoms with Gasteiger partial charge in [-0.15, -0.1) is 16.4 Å². The van der Waals surface area contributed by atoms with E-state index in [0.29, 0.717) is 17.2 Å². The molecular formula is C19H19N7O2S. The van der Waals surface area contributed by atoms with E-state index >= 15 is 0 Å². The van der Waals surface area contributed by atoms with Gasteiger partial charge in [0.15, 0.2) is 5.82 Å². The van der Waals surface area contributed by atoms with E-state index in [1.54, 1.807) is 54.5 Å². The van der Waals surface area contributed by atoms with Gasteiger partial charge in [0.25, 0.3) is 5.91 Å². The Labute approximate surface area is 170 Å². The van der Waals surface area contributed by atoms with Crippen LogP contribution in [0.25, 0.3) is 22.1 Å². The van der Waals surface area contributed by atoms with Gasteiger partial charge >= 0.3 is 5.69 Å². The van der Waals surface area contributed by atoms with E-state index in [2.05, 4.69) is 20.5 Å². The first-order valence-electron chi connectivity index (χ1n) is 8.96. The van der Waals surface area contributed by atoms with E-state index in [-0.39, 0.29) is 24.7 Å². The molecule has 0 spiro atoms. The summed E-state index contributed by atoms with van der Waals surface area (Å²) in [7, 11) is 3.38. The highest BCUT2D eigenvalue weighted by Crippen LogP contribution is 2.23. The van der Waals surface area contributed by atoms with Crippen molar-refractivity contribution in [3.63, 3.8) is 0 Å². The zero-order valence-electron chi connectivity index (χ0n) is 15.9. The van der Waals surface area contributed by atoms with Gasteiger partial charge in [-0.25, -0.2) is 9.48 Å². The number of thiophene rings is 1. The summed E-state index contributed by atoms with van der Waals surface area (Å²) in [5, 5.41) is 13.5. The molecule has 9 nitrogen and oxygen atoms in total. The number of hydrogen-bond acceptors (Lipinski definition) is 6. The number of pyridine rings is 1. The van der Waals surface area contributed by atoms with Crippen molar-refractivity contribution in [2.45, 2.75) is 6.54 Å². The number of amides is 1. The number of aryl methyl sites for hydroxylation is 1. The molecule has 1 amide bonds. The Hall–Kier alpha value is -3.53. The Bertz CT molecular complexity index is 1190. The number of aromatic nitrogens is 6. The molecule has 4 aromatic heterocycles. The van der Waals surface area contributed by atoms with E-state index in [1.807, 2.05) is 23.6 Å². The number of hydrogen-bond donors (Lipinski definition) is 1. The molecule has 0 aliphatic heterocycles. The molecule has 0 aliphatic rings. The van der Waals surface area contributed by atoms with Crippen LogP contribution in [0.5, 0.6) is 0 Å². The summed E-state index contributed by atoms with van der Waals surface area (Å²) in [5.41, 5.74) is 1.57. The SMILES string of the molecule is Cn1nc(-c2cccs2)cc1C(=O)NCCn1nc(-c2ccccn2)n(C)c1=O. The molecule has 0 saturated carbocycles. The monoisotopic (exact) mass is 409 g/mol. The molecule has 10 heteroatoms. The van der Waals surface area contributed by atoms with Crippen LogP contribution in [0.3, 0.4) is 0 Å². The highest BCUT2D eigenvalue weighted by atomic mass is 32.1. The number of nitrogens with one attached hydrogen (secondary N) is 1. The molecule has 0 radical (unpaired) electrons. The van der Waals surface area contributed by atoms with Crippen molar-refractivity contribution in [3.05, 3.63) is 64.2 Å². The molecule has 4 rings (SSSR count). The van der Waals surface area contributed by atoms with E-state index in [4.69, 9.17) is 0 Å². The fourth-order valence-electron chi connectivity index (χ4n) is 2.94. The van der Waals surface area contributed by atoms with Crippen LogP contribution in [-0.4, -0.2) is 41.6 Å². The standard InChI is InChI=1S/C19H19N7O2S/c1-24-17(13-6-3-4-8-20-13)23-26(19(24)28)10-9-21-18(27)15-12-14(22-25(15)2)16-7-5-11-29-16/h3-8,11-12H,9-10H2,1-2H3,(H,21,27). The van der Waals surface area contributed by atoms with Crippen LogP contribution in [0.4, 0.5) is 0 Å². The Morgan fingerprint density at radius 2 is 2.00 bits per heavy atom. The lowest BCUT2D eigenvalue weighted by Gasteiger charge is -2.04. The van der Waals surface area contributed by atoms with E-state index in [9.17, 15) is 9.59 Å². The summed E-state index contributed by atoms with van der Waals surface area (Å²) >= 11 is 1.57. The van der Waals surface area contributed by atoms with Crippen LogP contribution in [0.1, 0.15) is 10.5 Å². The van der Waals surface area contributed by atoms with Crippen LogP contribution < -0.4 is 11.0 Å². The minimum absolute atomic E-state index is 0.251. The number of carbonyl (C=O) groups excluding carboxylic acids is 1. The highest BCUT2D eigenvalue weighted by molar-refractivity contribution is 7.13. The molecule has 1 N–H and O–H groups in total. The van der Waals surface area contributed by atoms with Gasteiger partial charge in [-0.3, -0.25) is 19.0 Å². The summed E-state index contributed by atoms with van der Waals surface area (Å²) in [6.07, 6.45) is 1.65. The first kappa shape index (κ1) is 18.8. The largest absolute Gasteiger partial charge is 0.349 e. The smallest absolute Gasteiger partial charge is 0.346 e. The van der Waals surface area contributed by atoms with Gasteiger partial charge in [-0.05, 0) is 29.6 Å². The molecule has 0 atom stereocenters. The molecule has 0 unspecified atom stereocenters. The fraction of sp³-hybridized carbons (Fsp3) is 0.211. The molecule has 29 heavy (non-hydrogen) atoms. The van der Waals surface area contributed by atoms with Gasteiger partial charge in [0.1, 0.15) is 17.1 Å². The van der Waals surface area contributed by atoms with Crippen molar-refractivity contribution in [3.8, 4) is 22.1 Å². The average molecular weight is 409 g/mol. The maximum Gasteiger partial charge on any atom is 0.346 e. The molecule has 0 bridgehead atoms. The second-order valence-corrected chi connectivity index (χ2v) is 7.32. The third-order valence-electron chi connectivity index (χ3n) is 4.43. The van der Waals surface area contributed by atoms with E-state index < -0.39 is 0 Å². The Kier molecular flexibility index (Phi) is 5.09. The lowest BCUT2D eigenvalue weighted by molar-refractivity contribution is 0.0942. The van der Waals surface area contributed by atoms with Crippen LogP contribution in [-0.2, 0) is 20.6 Å². The van der Waals surface area contributed by atoms with Crippen molar-refractivity contribution in [2.75, 3.05) is 6.54 Å². The molecule has 0 aromatic carbocycles. The Morgan fingerprint density at radius 3 is 2.72 bits per heavy atom. The van der Waals surface area contributed by atoms with Crippen LogP contribution in [0, 0.1) is 0 Å². The Morgan fingerprint density at radius 1 is 1.14 bits per heavy atom. The summed E-state index contributed by atoms with van der Waals surface area (Å²) < 4.78 is 4.32. The quantitative estimate of drug-likeness (QED) is 0.521. The lowest BCUT2D eigenvalue weighted by atomic mass is 10.3. The summed E-state index contributed by atoms with van der Waals surface area (Å²) in [6.45, 7) is 0.512. The maximum atomic E-state index is 12.5. The van der Waals surface area contributed by atoms with Gasteiger partial charge in [-0.2, -0.15) is 5.10 Å². The molecule has 0 saturated heterocycles. The lowest BCUT2D eigenvalue weighted by Crippen LogP contribution is -2.32. The van der Waals surface area contributed by atoms with Crippen LogP contribution in [0.2, 0.25) is 0 Å². The van der Waals surface area contributed by atoms with E-state index in [1.165, 1.54) is 9.25 Å². The third-order valence-corrected chi connectivity index (χ3v) is 5.32. The molecule has 148 valence electrons. The molecule has 4 heterocycles. The van der Waals surface area contributed by atoms with E-state index in [0.717, 1.165) is 10.6 Å². The fourth-order valence-corrected chi connectivity index (χ4v) is 3.62. The molecule has 4 aromatic rings. The minimum atomic E-state index is -0.264. The maximum absolute atomic E-state index is 12.5. The predicted molar refractivity (Wildman–Crippen MR) is 110 cm³/mol. The van der Waals surface area contributed by atoms with Gasteiger partial charge in [-0.1, -0.05) is 12.1 Å². The minimum Gasteiger partial charge on any atom is -0.349 e. The summed E-state index contributed by atoms with van der Waals surface area (Å²) in [4.78, 5) is 30.2. The number of carbonyl (C=O) groups is 1. The average Bonchev–Trinajstić information content (AvgIpc) is 3.45. The van der Waals surface area contributed by atoms with Crippen LogP contribution >= 0.6 is 11.3 Å². The molecule has 0 fully saturated rings.